The van der Waals surface area contributed by atoms with E-state index in [9.17, 15) is 0 Å². The van der Waals surface area contributed by atoms with Crippen LogP contribution in [0.2, 0.25) is 0 Å². The highest BCUT2D eigenvalue weighted by Crippen LogP contribution is 2.58. The van der Waals surface area contributed by atoms with Gasteiger partial charge in [0.25, 0.3) is 0 Å². The topological polar surface area (TPSA) is 9.86 Å². The van der Waals surface area contributed by atoms with Gasteiger partial charge in [0.05, 0.1) is 5.52 Å². The Morgan fingerprint density at radius 1 is 0.533 bits per heavy atom. The lowest BCUT2D eigenvalue weighted by Gasteiger charge is -2.24. The van der Waals surface area contributed by atoms with E-state index < -0.39 is 0 Å². The first-order chi connectivity index (χ1) is 22.3. The molecule has 2 aliphatic heterocycles. The SMILES string of the molecule is CC1C=c2c(-c3ccccc3)c3n(c2=CC1)-c1ccccc1C3C1c2ccccc2-n2c1c(-c1ccccc1)c1ccccc12. The molecule has 45 heavy (non-hydrogen) atoms. The van der Waals surface area contributed by atoms with Crippen LogP contribution in [0.1, 0.15) is 47.7 Å². The van der Waals surface area contributed by atoms with Crippen molar-refractivity contribution in [3.8, 4) is 33.6 Å². The number of hydrogen-bond donors (Lipinski definition) is 0. The van der Waals surface area contributed by atoms with Gasteiger partial charge < -0.3 is 9.13 Å². The Labute approximate surface area is 262 Å². The molecular weight excluding hydrogens is 544 g/mol. The minimum absolute atomic E-state index is 0.141. The number of aromatic nitrogens is 2. The van der Waals surface area contributed by atoms with Gasteiger partial charge in [-0.1, -0.05) is 134 Å². The summed E-state index contributed by atoms with van der Waals surface area (Å²) in [6, 6.07) is 49.5. The fourth-order valence-corrected chi connectivity index (χ4v) is 8.71. The molecule has 0 saturated carbocycles. The van der Waals surface area contributed by atoms with Gasteiger partial charge in [0.1, 0.15) is 0 Å². The number of nitrogens with zero attached hydrogens (tertiary/aromatic N) is 2. The third kappa shape index (κ3) is 3.34. The van der Waals surface area contributed by atoms with Crippen LogP contribution in [0.4, 0.5) is 0 Å². The van der Waals surface area contributed by atoms with Crippen LogP contribution in [0.25, 0.3) is 56.7 Å². The Kier molecular flexibility index (Phi) is 5.19. The highest BCUT2D eigenvalue weighted by atomic mass is 15.1. The Balaban J connectivity index is 1.37. The summed E-state index contributed by atoms with van der Waals surface area (Å²) in [5, 5.41) is 4.06. The minimum Gasteiger partial charge on any atom is -0.312 e. The molecule has 3 aliphatic rings. The second-order valence-corrected chi connectivity index (χ2v) is 12.9. The molecule has 0 bridgehead atoms. The summed E-state index contributed by atoms with van der Waals surface area (Å²) in [4.78, 5) is 0. The molecule has 0 N–H and O–H groups in total. The largest absolute Gasteiger partial charge is 0.312 e. The van der Waals surface area contributed by atoms with Gasteiger partial charge in [-0.05, 0) is 52.8 Å². The van der Waals surface area contributed by atoms with Crippen molar-refractivity contribution in [1.82, 2.24) is 9.13 Å². The average Bonchev–Trinajstić information content (AvgIpc) is 3.80. The average molecular weight is 577 g/mol. The van der Waals surface area contributed by atoms with E-state index >= 15 is 0 Å². The molecule has 7 aromatic rings. The van der Waals surface area contributed by atoms with E-state index in [0.717, 1.165) is 6.42 Å². The molecule has 5 aromatic carbocycles. The monoisotopic (exact) mass is 576 g/mol. The predicted octanol–water partition coefficient (Wildman–Crippen LogP) is 8.95. The summed E-state index contributed by atoms with van der Waals surface area (Å²) in [5.41, 5.74) is 14.9. The van der Waals surface area contributed by atoms with E-state index in [2.05, 4.69) is 162 Å². The maximum Gasteiger partial charge on any atom is 0.0538 e. The molecular formula is C43H32N2. The number of hydrogen-bond acceptors (Lipinski definition) is 0. The zero-order valence-electron chi connectivity index (χ0n) is 25.2. The quantitative estimate of drug-likeness (QED) is 0.199. The number of rotatable bonds is 3. The van der Waals surface area contributed by atoms with Gasteiger partial charge in [-0.15, -0.1) is 0 Å². The lowest BCUT2D eigenvalue weighted by Crippen LogP contribution is -2.32. The molecule has 3 atom stereocenters. The molecule has 0 amide bonds. The maximum atomic E-state index is 2.62. The second kappa shape index (κ2) is 9.33. The Morgan fingerprint density at radius 3 is 1.76 bits per heavy atom. The van der Waals surface area contributed by atoms with Crippen LogP contribution in [0.5, 0.6) is 0 Å². The third-order valence-electron chi connectivity index (χ3n) is 10.4. The van der Waals surface area contributed by atoms with E-state index in [1.165, 1.54) is 77.6 Å². The first-order valence-electron chi connectivity index (χ1n) is 16.2. The minimum atomic E-state index is 0.141. The van der Waals surface area contributed by atoms with Crippen molar-refractivity contribution < 1.29 is 0 Å². The highest BCUT2D eigenvalue weighted by Gasteiger charge is 2.46. The van der Waals surface area contributed by atoms with Gasteiger partial charge in [0, 0.05) is 61.7 Å². The standard InChI is InChI=1S/C43H32N2/c1-27-24-25-37-33(26-27)39(29-16-6-3-7-17-29)43-41(32-20-10-13-23-36(32)45(37)43)40-31-19-9-12-22-35(31)44-34-21-11-8-18-30(34)38(42(40)44)28-14-4-2-5-15-28/h2-23,25-27,40-41H,24H2,1H3. The maximum absolute atomic E-state index is 2.62. The van der Waals surface area contributed by atoms with Crippen LogP contribution < -0.4 is 10.6 Å². The fraction of sp³-hybridized carbons (Fsp3) is 0.116. The zero-order chi connectivity index (χ0) is 29.6. The van der Waals surface area contributed by atoms with Gasteiger partial charge in [0.2, 0.25) is 0 Å². The molecule has 4 heterocycles. The summed E-state index contributed by atoms with van der Waals surface area (Å²) < 4.78 is 5.20. The smallest absolute Gasteiger partial charge is 0.0538 e. The van der Waals surface area contributed by atoms with Crippen LogP contribution in [-0.4, -0.2) is 9.13 Å². The molecule has 1 aliphatic carbocycles. The normalized spacial score (nSPS) is 18.8. The first-order valence-corrected chi connectivity index (χ1v) is 16.2. The van der Waals surface area contributed by atoms with Crippen LogP contribution in [0, 0.1) is 5.92 Å². The number of fused-ring (bicyclic) bond motifs is 10. The van der Waals surface area contributed by atoms with Crippen molar-refractivity contribution in [3.05, 3.63) is 167 Å². The van der Waals surface area contributed by atoms with Gasteiger partial charge in [-0.3, -0.25) is 0 Å². The Hall–Kier alpha value is -5.34. The molecule has 0 spiro atoms. The molecule has 2 aromatic heterocycles. The lowest BCUT2D eigenvalue weighted by molar-refractivity contribution is 0.698. The lowest BCUT2D eigenvalue weighted by atomic mass is 9.76. The van der Waals surface area contributed by atoms with Crippen molar-refractivity contribution >= 4 is 23.1 Å². The van der Waals surface area contributed by atoms with E-state index in [1.807, 2.05) is 0 Å². The predicted molar refractivity (Wildman–Crippen MR) is 186 cm³/mol. The van der Waals surface area contributed by atoms with Crippen molar-refractivity contribution in [1.29, 1.82) is 0 Å². The Bertz CT molecular complexity index is 2410. The molecule has 3 unspecified atom stereocenters. The highest BCUT2D eigenvalue weighted by molar-refractivity contribution is 6.01. The van der Waals surface area contributed by atoms with Crippen LogP contribution in [-0.2, 0) is 0 Å². The van der Waals surface area contributed by atoms with Crippen molar-refractivity contribution in [2.45, 2.75) is 25.2 Å². The molecule has 10 rings (SSSR count). The molecule has 0 saturated heterocycles. The van der Waals surface area contributed by atoms with Crippen LogP contribution in [0.3, 0.4) is 0 Å². The summed E-state index contributed by atoms with van der Waals surface area (Å²) in [5.74, 6) is 0.798. The summed E-state index contributed by atoms with van der Waals surface area (Å²) in [6.07, 6.45) is 6.08. The van der Waals surface area contributed by atoms with Gasteiger partial charge >= 0.3 is 0 Å². The van der Waals surface area contributed by atoms with Gasteiger partial charge in [-0.25, -0.2) is 0 Å². The van der Waals surface area contributed by atoms with Crippen molar-refractivity contribution in [2.24, 2.45) is 5.92 Å². The van der Waals surface area contributed by atoms with Gasteiger partial charge in [0.15, 0.2) is 0 Å². The number of benzene rings is 5. The Morgan fingerprint density at radius 2 is 1.07 bits per heavy atom. The van der Waals surface area contributed by atoms with Crippen molar-refractivity contribution in [2.75, 3.05) is 0 Å². The van der Waals surface area contributed by atoms with E-state index in [-0.39, 0.29) is 11.8 Å². The van der Waals surface area contributed by atoms with Crippen molar-refractivity contribution in [3.63, 3.8) is 0 Å². The van der Waals surface area contributed by atoms with Crippen LogP contribution >= 0.6 is 0 Å². The molecule has 2 nitrogen and oxygen atoms in total. The number of para-hydroxylation sites is 3. The molecule has 214 valence electrons. The zero-order valence-corrected chi connectivity index (χ0v) is 25.2. The third-order valence-corrected chi connectivity index (χ3v) is 10.4. The summed E-state index contributed by atoms with van der Waals surface area (Å²) >= 11 is 0. The van der Waals surface area contributed by atoms with E-state index in [0.29, 0.717) is 5.92 Å². The van der Waals surface area contributed by atoms with Crippen LogP contribution in [0.15, 0.2) is 133 Å². The van der Waals surface area contributed by atoms with Gasteiger partial charge in [-0.2, -0.15) is 0 Å². The summed E-state index contributed by atoms with van der Waals surface area (Å²) in [6.45, 7) is 2.35. The first kappa shape index (κ1) is 25.0. The van der Waals surface area contributed by atoms with E-state index in [4.69, 9.17) is 0 Å². The molecule has 0 radical (unpaired) electrons. The van der Waals surface area contributed by atoms with E-state index in [1.54, 1.807) is 0 Å². The molecule has 0 fully saturated rings. The second-order valence-electron chi connectivity index (χ2n) is 12.9. The summed E-state index contributed by atoms with van der Waals surface area (Å²) in [7, 11) is 0. The fourth-order valence-electron chi connectivity index (χ4n) is 8.71. The molecule has 2 heteroatoms.